The Morgan fingerprint density at radius 2 is 2.18 bits per heavy atom. The highest BCUT2D eigenvalue weighted by atomic mass is 79.9. The van der Waals surface area contributed by atoms with Gasteiger partial charge in [0.2, 0.25) is 0 Å². The monoisotopic (exact) mass is 357 g/mol. The first-order valence-corrected chi connectivity index (χ1v) is 7.17. The summed E-state index contributed by atoms with van der Waals surface area (Å²) >= 11 is 6.98. The van der Waals surface area contributed by atoms with Gasteiger partial charge in [0, 0.05) is 4.47 Å². The van der Waals surface area contributed by atoms with Gasteiger partial charge in [0.15, 0.2) is 0 Å². The molecule has 0 saturated carbocycles. The van der Waals surface area contributed by atoms with Gasteiger partial charge in [0.25, 0.3) is 0 Å². The Bertz CT molecular complexity index is 520. The smallest absolute Gasteiger partial charge is 0.0965 e. The predicted molar refractivity (Wildman–Crippen MR) is 75.8 cm³/mol. The summed E-state index contributed by atoms with van der Waals surface area (Å²) in [6, 6.07) is 6.20. The molecule has 1 unspecified atom stereocenters. The van der Waals surface area contributed by atoms with Crippen molar-refractivity contribution in [3.8, 4) is 5.69 Å². The second-order valence-corrected chi connectivity index (χ2v) is 6.12. The number of halogens is 2. The highest BCUT2D eigenvalue weighted by Gasteiger charge is 2.09. The summed E-state index contributed by atoms with van der Waals surface area (Å²) in [5.74, 6) is 0. The van der Waals surface area contributed by atoms with E-state index in [4.69, 9.17) is 0 Å². The summed E-state index contributed by atoms with van der Waals surface area (Å²) in [4.78, 5) is 0.219. The molecule has 0 fully saturated rings. The van der Waals surface area contributed by atoms with Crippen LogP contribution in [-0.4, -0.2) is 15.0 Å². The van der Waals surface area contributed by atoms with E-state index in [-0.39, 0.29) is 4.83 Å². The fourth-order valence-corrected chi connectivity index (χ4v) is 2.26. The van der Waals surface area contributed by atoms with Gasteiger partial charge in [-0.25, -0.2) is 4.68 Å². The Hall–Kier alpha value is -0.680. The van der Waals surface area contributed by atoms with E-state index in [1.54, 1.807) is 0 Å². The van der Waals surface area contributed by atoms with Crippen LogP contribution < -0.4 is 0 Å². The Labute approximate surface area is 117 Å². The van der Waals surface area contributed by atoms with Crippen molar-refractivity contribution in [2.24, 2.45) is 0 Å². The average molecular weight is 359 g/mol. The second kappa shape index (κ2) is 5.31. The fraction of sp³-hybridized carbons (Fsp3) is 0.333. The highest BCUT2D eigenvalue weighted by molar-refractivity contribution is 9.10. The molecule has 0 aliphatic rings. The molecule has 0 aliphatic carbocycles. The third kappa shape index (κ3) is 2.77. The van der Waals surface area contributed by atoms with Crippen LogP contribution in [0.5, 0.6) is 0 Å². The third-order valence-corrected chi connectivity index (χ3v) is 3.55. The number of benzene rings is 1. The van der Waals surface area contributed by atoms with Gasteiger partial charge < -0.3 is 0 Å². The van der Waals surface area contributed by atoms with E-state index in [9.17, 15) is 0 Å². The van der Waals surface area contributed by atoms with Crippen molar-refractivity contribution in [2.45, 2.75) is 25.1 Å². The molecule has 0 spiro atoms. The van der Waals surface area contributed by atoms with Gasteiger partial charge in [-0.2, -0.15) is 0 Å². The number of aromatic nitrogens is 3. The topological polar surface area (TPSA) is 30.7 Å². The average Bonchev–Trinajstić information content (AvgIpc) is 2.78. The van der Waals surface area contributed by atoms with E-state index in [2.05, 4.69) is 61.2 Å². The van der Waals surface area contributed by atoms with Crippen LogP contribution in [0.15, 0.2) is 28.9 Å². The van der Waals surface area contributed by atoms with Crippen LogP contribution in [0.4, 0.5) is 0 Å². The summed E-state index contributed by atoms with van der Waals surface area (Å²) < 4.78 is 2.92. The van der Waals surface area contributed by atoms with Gasteiger partial charge in [-0.1, -0.05) is 44.0 Å². The van der Waals surface area contributed by atoms with Gasteiger partial charge in [-0.3, -0.25) is 0 Å². The van der Waals surface area contributed by atoms with Crippen molar-refractivity contribution in [2.75, 3.05) is 0 Å². The van der Waals surface area contributed by atoms with Gasteiger partial charge in [0.05, 0.1) is 22.4 Å². The molecule has 3 nitrogen and oxygen atoms in total. The van der Waals surface area contributed by atoms with Crippen LogP contribution in [0.3, 0.4) is 0 Å². The molecule has 90 valence electrons. The predicted octanol–water partition coefficient (Wildman–Crippen LogP) is 4.05. The molecule has 17 heavy (non-hydrogen) atoms. The summed E-state index contributed by atoms with van der Waals surface area (Å²) in [5, 5.41) is 8.31. The first-order chi connectivity index (χ1) is 8.11. The van der Waals surface area contributed by atoms with Crippen molar-refractivity contribution < 1.29 is 0 Å². The first kappa shape index (κ1) is 12.8. The summed E-state index contributed by atoms with van der Waals surface area (Å²) in [7, 11) is 0. The van der Waals surface area contributed by atoms with Gasteiger partial charge >= 0.3 is 0 Å². The lowest BCUT2D eigenvalue weighted by Crippen LogP contribution is -1.99. The number of hydrogen-bond acceptors (Lipinski definition) is 2. The number of nitrogens with zero attached hydrogens (tertiary/aromatic N) is 3. The molecule has 2 rings (SSSR count). The van der Waals surface area contributed by atoms with Crippen molar-refractivity contribution in [1.29, 1.82) is 0 Å². The lowest BCUT2D eigenvalue weighted by molar-refractivity contribution is 0.788. The quantitative estimate of drug-likeness (QED) is 0.775. The number of aryl methyl sites for hydroxylation is 1. The molecule has 0 radical (unpaired) electrons. The molecular formula is C12H13Br2N3. The van der Waals surface area contributed by atoms with Crippen LogP contribution in [0.1, 0.15) is 29.9 Å². The standard InChI is InChI=1S/C12H13Br2N3/c1-3-9-6-10(14)4-5-12(9)17-7-11(8(2)13)15-16-17/h4-8H,3H2,1-2H3. The Kier molecular flexibility index (Phi) is 3.99. The van der Waals surface area contributed by atoms with Crippen LogP contribution in [0.2, 0.25) is 0 Å². The molecule has 0 saturated heterocycles. The molecule has 0 N–H and O–H groups in total. The Morgan fingerprint density at radius 1 is 1.41 bits per heavy atom. The van der Waals surface area contributed by atoms with E-state index >= 15 is 0 Å². The van der Waals surface area contributed by atoms with Crippen molar-refractivity contribution in [3.63, 3.8) is 0 Å². The SMILES string of the molecule is CCc1cc(Br)ccc1-n1cc(C(C)Br)nn1. The minimum atomic E-state index is 0.219. The van der Waals surface area contributed by atoms with Gasteiger partial charge in [-0.05, 0) is 37.1 Å². The molecular weight excluding hydrogens is 346 g/mol. The van der Waals surface area contributed by atoms with Crippen LogP contribution in [-0.2, 0) is 6.42 Å². The van der Waals surface area contributed by atoms with Crippen molar-refractivity contribution >= 4 is 31.9 Å². The summed E-state index contributed by atoms with van der Waals surface area (Å²) in [5.41, 5.74) is 3.27. The van der Waals surface area contributed by atoms with Crippen molar-refractivity contribution in [3.05, 3.63) is 40.1 Å². The minimum Gasteiger partial charge on any atom is -0.220 e. The Balaban J connectivity index is 2.44. The number of rotatable bonds is 3. The largest absolute Gasteiger partial charge is 0.220 e. The van der Waals surface area contributed by atoms with Crippen LogP contribution in [0, 0.1) is 0 Å². The molecule has 2 aromatic rings. The molecule has 1 aromatic heterocycles. The zero-order chi connectivity index (χ0) is 12.4. The van der Waals surface area contributed by atoms with Crippen LogP contribution >= 0.6 is 31.9 Å². The lowest BCUT2D eigenvalue weighted by atomic mass is 10.1. The van der Waals surface area contributed by atoms with E-state index in [1.807, 2.05) is 23.9 Å². The lowest BCUT2D eigenvalue weighted by Gasteiger charge is -2.07. The zero-order valence-corrected chi connectivity index (χ0v) is 12.9. The van der Waals surface area contributed by atoms with Crippen LogP contribution in [0.25, 0.3) is 5.69 Å². The molecule has 0 amide bonds. The summed E-state index contributed by atoms with van der Waals surface area (Å²) in [6.07, 6.45) is 2.93. The van der Waals surface area contributed by atoms with E-state index < -0.39 is 0 Å². The maximum absolute atomic E-state index is 4.17. The molecule has 5 heteroatoms. The van der Waals surface area contributed by atoms with Gasteiger partial charge in [-0.15, -0.1) is 5.10 Å². The second-order valence-electron chi connectivity index (χ2n) is 3.83. The maximum Gasteiger partial charge on any atom is 0.0965 e. The first-order valence-electron chi connectivity index (χ1n) is 5.47. The van der Waals surface area contributed by atoms with E-state index in [0.717, 1.165) is 22.3 Å². The molecule has 1 heterocycles. The fourth-order valence-electron chi connectivity index (χ4n) is 1.64. The zero-order valence-electron chi connectivity index (χ0n) is 9.69. The molecule has 1 aromatic carbocycles. The minimum absolute atomic E-state index is 0.219. The normalized spacial score (nSPS) is 12.7. The molecule has 1 atom stereocenters. The molecule has 0 aliphatic heterocycles. The third-order valence-electron chi connectivity index (χ3n) is 2.59. The Morgan fingerprint density at radius 3 is 2.76 bits per heavy atom. The maximum atomic E-state index is 4.17. The van der Waals surface area contributed by atoms with E-state index in [0.29, 0.717) is 0 Å². The number of hydrogen-bond donors (Lipinski definition) is 0. The van der Waals surface area contributed by atoms with Crippen molar-refractivity contribution in [1.82, 2.24) is 15.0 Å². The van der Waals surface area contributed by atoms with E-state index in [1.165, 1.54) is 5.56 Å². The van der Waals surface area contributed by atoms with Gasteiger partial charge in [0.1, 0.15) is 0 Å². The highest BCUT2D eigenvalue weighted by Crippen LogP contribution is 2.23. The summed E-state index contributed by atoms with van der Waals surface area (Å²) in [6.45, 7) is 4.17. The molecule has 0 bridgehead atoms. The number of alkyl halides is 1.